The van der Waals surface area contributed by atoms with Gasteiger partial charge >= 0.3 is 0 Å². The number of hydrogen-bond acceptors (Lipinski definition) is 5. The number of nitrogens with zero attached hydrogens (tertiary/aromatic N) is 2. The molecule has 0 aliphatic rings. The van der Waals surface area contributed by atoms with E-state index in [9.17, 15) is 0 Å². The fourth-order valence-electron chi connectivity index (χ4n) is 1.89. The number of ether oxygens (including phenoxy) is 1. The van der Waals surface area contributed by atoms with Crippen LogP contribution in [0.4, 0.5) is 0 Å². The van der Waals surface area contributed by atoms with Crippen molar-refractivity contribution in [1.29, 1.82) is 0 Å². The second kappa shape index (κ2) is 5.64. The third-order valence-corrected chi connectivity index (χ3v) is 2.83. The first-order valence-electron chi connectivity index (χ1n) is 5.81. The number of methoxy groups -OCH3 is 1. The lowest BCUT2D eigenvalue weighted by molar-refractivity contribution is 0.372. The quantitative estimate of drug-likeness (QED) is 0.875. The summed E-state index contributed by atoms with van der Waals surface area (Å²) in [5.41, 5.74) is 3.11. The van der Waals surface area contributed by atoms with Crippen LogP contribution in [0.1, 0.15) is 22.6 Å². The molecule has 2 rings (SSSR count). The standard InChI is InChI=1S/C13H17N3O2/c1-9-6-15-12(10(2)13(9)17-3)8-14-7-11-4-5-16-18-11/h4-6,14H,7-8H2,1-3H3. The Morgan fingerprint density at radius 2 is 2.17 bits per heavy atom. The van der Waals surface area contributed by atoms with Crippen LogP contribution in [0.2, 0.25) is 0 Å². The highest BCUT2D eigenvalue weighted by Gasteiger charge is 2.09. The van der Waals surface area contributed by atoms with Crippen LogP contribution < -0.4 is 10.1 Å². The molecule has 0 aliphatic heterocycles. The van der Waals surface area contributed by atoms with Crippen molar-refractivity contribution < 1.29 is 9.26 Å². The van der Waals surface area contributed by atoms with Crippen LogP contribution in [0.3, 0.4) is 0 Å². The average molecular weight is 247 g/mol. The van der Waals surface area contributed by atoms with Gasteiger partial charge < -0.3 is 14.6 Å². The Morgan fingerprint density at radius 1 is 1.33 bits per heavy atom. The van der Waals surface area contributed by atoms with Gasteiger partial charge in [0.1, 0.15) is 11.5 Å². The van der Waals surface area contributed by atoms with Crippen molar-refractivity contribution in [2.45, 2.75) is 26.9 Å². The molecule has 0 saturated carbocycles. The summed E-state index contributed by atoms with van der Waals surface area (Å²) >= 11 is 0. The van der Waals surface area contributed by atoms with E-state index in [0.717, 1.165) is 28.3 Å². The molecule has 0 bridgehead atoms. The summed E-state index contributed by atoms with van der Waals surface area (Å²) in [4.78, 5) is 4.42. The van der Waals surface area contributed by atoms with E-state index < -0.39 is 0 Å². The lowest BCUT2D eigenvalue weighted by Crippen LogP contribution is -2.15. The molecule has 0 atom stereocenters. The minimum Gasteiger partial charge on any atom is -0.496 e. The van der Waals surface area contributed by atoms with Gasteiger partial charge in [-0.15, -0.1) is 0 Å². The van der Waals surface area contributed by atoms with E-state index in [-0.39, 0.29) is 0 Å². The van der Waals surface area contributed by atoms with Crippen LogP contribution >= 0.6 is 0 Å². The van der Waals surface area contributed by atoms with E-state index in [4.69, 9.17) is 9.26 Å². The second-order valence-corrected chi connectivity index (χ2v) is 4.13. The highest BCUT2D eigenvalue weighted by molar-refractivity contribution is 5.40. The molecular formula is C13H17N3O2. The van der Waals surface area contributed by atoms with E-state index in [2.05, 4.69) is 15.5 Å². The van der Waals surface area contributed by atoms with Crippen molar-refractivity contribution in [2.24, 2.45) is 0 Å². The maximum absolute atomic E-state index is 5.37. The molecule has 2 aromatic heterocycles. The number of nitrogens with one attached hydrogen (secondary N) is 1. The van der Waals surface area contributed by atoms with Gasteiger partial charge in [0.15, 0.2) is 0 Å². The predicted octanol–water partition coefficient (Wildman–Crippen LogP) is 1.98. The van der Waals surface area contributed by atoms with Gasteiger partial charge in [-0.05, 0) is 13.8 Å². The monoisotopic (exact) mass is 247 g/mol. The third-order valence-electron chi connectivity index (χ3n) is 2.83. The van der Waals surface area contributed by atoms with Crippen LogP contribution in [-0.4, -0.2) is 17.3 Å². The van der Waals surface area contributed by atoms with Crippen molar-refractivity contribution in [3.8, 4) is 5.75 Å². The van der Waals surface area contributed by atoms with Gasteiger partial charge in [0.25, 0.3) is 0 Å². The molecule has 0 radical (unpaired) electrons. The van der Waals surface area contributed by atoms with E-state index >= 15 is 0 Å². The first-order chi connectivity index (χ1) is 8.72. The van der Waals surface area contributed by atoms with E-state index in [1.54, 1.807) is 13.3 Å². The first-order valence-corrected chi connectivity index (χ1v) is 5.81. The molecule has 5 heteroatoms. The van der Waals surface area contributed by atoms with Gasteiger partial charge in [-0.1, -0.05) is 5.16 Å². The van der Waals surface area contributed by atoms with Gasteiger partial charge in [-0.2, -0.15) is 0 Å². The van der Waals surface area contributed by atoms with Crippen molar-refractivity contribution in [1.82, 2.24) is 15.5 Å². The number of hydrogen-bond donors (Lipinski definition) is 1. The maximum atomic E-state index is 5.37. The van der Waals surface area contributed by atoms with E-state index in [1.807, 2.05) is 26.1 Å². The normalized spacial score (nSPS) is 10.6. The molecule has 0 amide bonds. The van der Waals surface area contributed by atoms with Crippen LogP contribution in [0.15, 0.2) is 23.0 Å². The third kappa shape index (κ3) is 2.68. The van der Waals surface area contributed by atoms with Crippen LogP contribution in [0, 0.1) is 13.8 Å². The number of pyridine rings is 1. The average Bonchev–Trinajstić information content (AvgIpc) is 2.86. The number of aryl methyl sites for hydroxylation is 1. The summed E-state index contributed by atoms with van der Waals surface area (Å²) in [5, 5.41) is 6.92. The SMILES string of the molecule is COc1c(C)cnc(CNCc2ccno2)c1C. The van der Waals surface area contributed by atoms with E-state index in [1.165, 1.54) is 0 Å². The zero-order chi connectivity index (χ0) is 13.0. The van der Waals surface area contributed by atoms with Crippen molar-refractivity contribution >= 4 is 0 Å². The van der Waals surface area contributed by atoms with Crippen molar-refractivity contribution in [2.75, 3.05) is 7.11 Å². The topological polar surface area (TPSA) is 60.2 Å². The Hall–Kier alpha value is -1.88. The minimum atomic E-state index is 0.636. The summed E-state index contributed by atoms with van der Waals surface area (Å²) in [5.74, 6) is 1.72. The molecule has 0 saturated heterocycles. The first kappa shape index (κ1) is 12.6. The van der Waals surface area contributed by atoms with Crippen LogP contribution in [0.5, 0.6) is 5.75 Å². The molecule has 18 heavy (non-hydrogen) atoms. The molecular weight excluding hydrogens is 230 g/mol. The Labute approximate surface area is 106 Å². The molecule has 0 fully saturated rings. The fraction of sp³-hybridized carbons (Fsp3) is 0.385. The van der Waals surface area contributed by atoms with Crippen LogP contribution in [0.25, 0.3) is 0 Å². The number of rotatable bonds is 5. The van der Waals surface area contributed by atoms with E-state index in [0.29, 0.717) is 13.1 Å². The summed E-state index contributed by atoms with van der Waals surface area (Å²) in [6.45, 7) is 5.31. The fourth-order valence-corrected chi connectivity index (χ4v) is 1.89. The predicted molar refractivity (Wildman–Crippen MR) is 67.3 cm³/mol. The van der Waals surface area contributed by atoms with Crippen molar-refractivity contribution in [3.63, 3.8) is 0 Å². The molecule has 1 N–H and O–H groups in total. The molecule has 5 nitrogen and oxygen atoms in total. The largest absolute Gasteiger partial charge is 0.496 e. The van der Waals surface area contributed by atoms with Crippen molar-refractivity contribution in [3.05, 3.63) is 41.0 Å². The smallest absolute Gasteiger partial charge is 0.150 e. The molecule has 96 valence electrons. The van der Waals surface area contributed by atoms with Gasteiger partial charge in [0.2, 0.25) is 0 Å². The Kier molecular flexibility index (Phi) is 3.94. The maximum Gasteiger partial charge on any atom is 0.150 e. The van der Waals surface area contributed by atoms with Gasteiger partial charge in [-0.3, -0.25) is 4.98 Å². The lowest BCUT2D eigenvalue weighted by Gasteiger charge is -2.12. The zero-order valence-corrected chi connectivity index (χ0v) is 10.9. The molecule has 0 unspecified atom stereocenters. The van der Waals surface area contributed by atoms with Gasteiger partial charge in [0.05, 0.1) is 25.5 Å². The van der Waals surface area contributed by atoms with Crippen LogP contribution in [-0.2, 0) is 13.1 Å². The minimum absolute atomic E-state index is 0.636. The number of aromatic nitrogens is 2. The zero-order valence-electron chi connectivity index (χ0n) is 10.9. The molecule has 2 heterocycles. The highest BCUT2D eigenvalue weighted by atomic mass is 16.5. The highest BCUT2D eigenvalue weighted by Crippen LogP contribution is 2.23. The molecule has 2 aromatic rings. The molecule has 0 aliphatic carbocycles. The summed E-state index contributed by atoms with van der Waals surface area (Å²) in [6.07, 6.45) is 3.46. The summed E-state index contributed by atoms with van der Waals surface area (Å²) in [7, 11) is 1.68. The second-order valence-electron chi connectivity index (χ2n) is 4.13. The molecule has 0 spiro atoms. The lowest BCUT2D eigenvalue weighted by atomic mass is 10.1. The van der Waals surface area contributed by atoms with Gasteiger partial charge in [-0.25, -0.2) is 0 Å². The Morgan fingerprint density at radius 3 is 2.83 bits per heavy atom. The molecule has 0 aromatic carbocycles. The van der Waals surface area contributed by atoms with Gasteiger partial charge in [0, 0.05) is 29.9 Å². The summed E-state index contributed by atoms with van der Waals surface area (Å²) < 4.78 is 10.4. The Balaban J connectivity index is 2.01. The summed E-state index contributed by atoms with van der Waals surface area (Å²) in [6, 6.07) is 1.84. The Bertz CT molecular complexity index is 509.